The van der Waals surface area contributed by atoms with E-state index in [9.17, 15) is 26.4 Å². The lowest BCUT2D eigenvalue weighted by molar-refractivity contribution is -0.137. The van der Waals surface area contributed by atoms with Gasteiger partial charge in [-0.3, -0.25) is 14.5 Å². The van der Waals surface area contributed by atoms with Gasteiger partial charge in [0.2, 0.25) is 11.8 Å². The van der Waals surface area contributed by atoms with Gasteiger partial charge in [-0.2, -0.15) is 13.2 Å². The number of hydrogen-bond acceptors (Lipinski definition) is 7. The maximum atomic E-state index is 13.3. The maximum absolute atomic E-state index is 13.3. The highest BCUT2D eigenvalue weighted by Crippen LogP contribution is 2.58. The summed E-state index contributed by atoms with van der Waals surface area (Å²) >= 11 is 0. The van der Waals surface area contributed by atoms with Crippen LogP contribution in [0, 0.1) is 0 Å². The highest BCUT2D eigenvalue weighted by molar-refractivity contribution is 7.92. The van der Waals surface area contributed by atoms with Crippen molar-refractivity contribution < 1.29 is 31.1 Å². The number of fused-ring (bicyclic) bond motifs is 4. The van der Waals surface area contributed by atoms with E-state index in [0.717, 1.165) is 65.8 Å². The van der Waals surface area contributed by atoms with Gasteiger partial charge in [0.05, 0.1) is 39.9 Å². The Morgan fingerprint density at radius 3 is 2.41 bits per heavy atom. The summed E-state index contributed by atoms with van der Waals surface area (Å²) in [6.07, 6.45) is 0.880. The molecular weight excluding hydrogens is 595 g/mol. The van der Waals surface area contributed by atoms with Gasteiger partial charge in [0, 0.05) is 36.3 Å². The molecule has 3 heterocycles. The lowest BCUT2D eigenvalue weighted by atomic mass is 9.92. The lowest BCUT2D eigenvalue weighted by Gasteiger charge is -2.16. The SMILES string of the molecule is CN(C)CCCOc1ncc(-c2ccc3ncc4c(c3c2)C2(CC2)C(=O)N4C)cc1NS(=O)(=O)c1ccc(C(F)(F)F)cc1. The van der Waals surface area contributed by atoms with Gasteiger partial charge in [0.1, 0.15) is 5.69 Å². The standard InChI is InChI=1S/C31H30F3N5O4S/c1-38(2)13-4-14-43-28-25(37-44(41,42)22-8-6-21(7-9-22)31(32,33)34)16-20(17-36-28)19-5-10-24-23(15-19)27-26(18-35-24)39(3)29(40)30(27)11-12-30/h5-10,15-18,37H,4,11-14H2,1-3H3. The van der Waals surface area contributed by atoms with E-state index < -0.39 is 27.2 Å². The summed E-state index contributed by atoms with van der Waals surface area (Å²) in [5.41, 5.74) is 2.30. The predicted molar refractivity (Wildman–Crippen MR) is 160 cm³/mol. The van der Waals surface area contributed by atoms with Crippen LogP contribution < -0.4 is 14.4 Å². The molecule has 6 rings (SSSR count). The van der Waals surface area contributed by atoms with Crippen molar-refractivity contribution in [3.05, 3.63) is 72.1 Å². The van der Waals surface area contributed by atoms with Gasteiger partial charge >= 0.3 is 6.18 Å². The molecule has 44 heavy (non-hydrogen) atoms. The number of benzene rings is 2. The van der Waals surface area contributed by atoms with E-state index in [1.165, 1.54) is 0 Å². The van der Waals surface area contributed by atoms with E-state index in [4.69, 9.17) is 4.74 Å². The van der Waals surface area contributed by atoms with Gasteiger partial charge in [0.15, 0.2) is 0 Å². The number of aromatic nitrogens is 2. The van der Waals surface area contributed by atoms with Crippen LogP contribution in [-0.2, 0) is 26.4 Å². The zero-order chi connectivity index (χ0) is 31.4. The Kier molecular flexibility index (Phi) is 7.28. The Hall–Kier alpha value is -4.23. The first-order chi connectivity index (χ1) is 20.8. The Morgan fingerprint density at radius 2 is 1.75 bits per heavy atom. The first kappa shape index (κ1) is 29.8. The number of nitrogens with one attached hydrogen (secondary N) is 1. The Labute approximate surface area is 252 Å². The molecular formula is C31H30F3N5O4S. The van der Waals surface area contributed by atoms with E-state index in [-0.39, 0.29) is 29.0 Å². The fraction of sp³-hybridized carbons (Fsp3) is 0.323. The first-order valence-corrected chi connectivity index (χ1v) is 15.5. The van der Waals surface area contributed by atoms with Crippen LogP contribution in [0.2, 0.25) is 0 Å². The molecule has 1 spiro atoms. The highest BCUT2D eigenvalue weighted by atomic mass is 32.2. The number of nitrogens with zero attached hydrogens (tertiary/aromatic N) is 4. The van der Waals surface area contributed by atoms with Crippen LogP contribution in [0.15, 0.2) is 65.8 Å². The number of amides is 1. The molecule has 1 fully saturated rings. The normalized spacial score (nSPS) is 15.7. The van der Waals surface area contributed by atoms with Crippen LogP contribution in [0.5, 0.6) is 5.88 Å². The van der Waals surface area contributed by atoms with Gasteiger partial charge in [0.25, 0.3) is 10.0 Å². The minimum absolute atomic E-state index is 0.0375. The zero-order valence-corrected chi connectivity index (χ0v) is 25.1. The lowest BCUT2D eigenvalue weighted by Crippen LogP contribution is -2.28. The van der Waals surface area contributed by atoms with Crippen molar-refractivity contribution in [3.63, 3.8) is 0 Å². The Morgan fingerprint density at radius 1 is 1.02 bits per heavy atom. The molecule has 2 aromatic carbocycles. The van der Waals surface area contributed by atoms with E-state index in [1.807, 2.05) is 37.2 Å². The first-order valence-electron chi connectivity index (χ1n) is 14.0. The molecule has 0 unspecified atom stereocenters. The summed E-state index contributed by atoms with van der Waals surface area (Å²) in [4.78, 5) is 25.3. The summed E-state index contributed by atoms with van der Waals surface area (Å²) in [5.74, 6) is 0.0973. The molecule has 1 aliphatic carbocycles. The molecule has 1 aliphatic heterocycles. The predicted octanol–water partition coefficient (Wildman–Crippen LogP) is 5.45. The summed E-state index contributed by atoms with van der Waals surface area (Å²) in [6.45, 7) is 0.996. The van der Waals surface area contributed by atoms with Crippen molar-refractivity contribution in [2.24, 2.45) is 0 Å². The van der Waals surface area contributed by atoms with E-state index in [2.05, 4.69) is 14.7 Å². The van der Waals surface area contributed by atoms with Crippen molar-refractivity contribution >= 4 is 38.2 Å². The second-order valence-corrected chi connectivity index (χ2v) is 13.1. The molecule has 2 aliphatic rings. The van der Waals surface area contributed by atoms with Gasteiger partial charge < -0.3 is 14.5 Å². The monoisotopic (exact) mass is 625 g/mol. The van der Waals surface area contributed by atoms with E-state index >= 15 is 0 Å². The van der Waals surface area contributed by atoms with Crippen molar-refractivity contribution in [2.75, 3.05) is 43.9 Å². The highest BCUT2D eigenvalue weighted by Gasteiger charge is 2.59. The summed E-state index contributed by atoms with van der Waals surface area (Å²) < 4.78 is 74.1. The number of anilines is 2. The summed E-state index contributed by atoms with van der Waals surface area (Å²) in [7, 11) is 1.29. The topological polar surface area (TPSA) is 105 Å². The maximum Gasteiger partial charge on any atom is 0.416 e. The summed E-state index contributed by atoms with van der Waals surface area (Å²) in [6, 6.07) is 10.4. The largest absolute Gasteiger partial charge is 0.476 e. The fourth-order valence-corrected chi connectivity index (χ4v) is 6.67. The molecule has 0 atom stereocenters. The number of alkyl halides is 3. The number of ether oxygens (including phenoxy) is 1. The molecule has 1 amide bonds. The Balaban J connectivity index is 1.38. The van der Waals surface area contributed by atoms with Crippen LogP contribution in [0.25, 0.3) is 22.0 Å². The minimum atomic E-state index is -4.60. The quantitative estimate of drug-likeness (QED) is 0.247. The van der Waals surface area contributed by atoms with Crippen molar-refractivity contribution in [3.8, 4) is 17.0 Å². The van der Waals surface area contributed by atoms with Gasteiger partial charge in [-0.05, 0) is 81.4 Å². The van der Waals surface area contributed by atoms with Crippen LogP contribution in [0.1, 0.15) is 30.4 Å². The molecule has 13 heteroatoms. The molecule has 1 N–H and O–H groups in total. The molecule has 0 saturated heterocycles. The smallest absolute Gasteiger partial charge is 0.416 e. The van der Waals surface area contributed by atoms with Gasteiger partial charge in [-0.15, -0.1) is 0 Å². The number of carbonyl (C=O) groups is 1. The molecule has 9 nitrogen and oxygen atoms in total. The number of carbonyl (C=O) groups excluding carboxylic acids is 1. The molecule has 0 radical (unpaired) electrons. The third kappa shape index (κ3) is 5.34. The van der Waals surface area contributed by atoms with E-state index in [1.54, 1.807) is 30.4 Å². The third-order valence-electron chi connectivity index (χ3n) is 8.06. The van der Waals surface area contributed by atoms with Crippen molar-refractivity contribution in [2.45, 2.75) is 35.7 Å². The average Bonchev–Trinajstić information content (AvgIpc) is 3.75. The second-order valence-electron chi connectivity index (χ2n) is 11.4. The minimum Gasteiger partial charge on any atom is -0.476 e. The van der Waals surface area contributed by atoms with Crippen LogP contribution in [0.3, 0.4) is 0 Å². The number of hydrogen-bond donors (Lipinski definition) is 1. The van der Waals surface area contributed by atoms with Crippen molar-refractivity contribution in [1.82, 2.24) is 14.9 Å². The van der Waals surface area contributed by atoms with Crippen LogP contribution in [-0.4, -0.2) is 63.5 Å². The zero-order valence-electron chi connectivity index (χ0n) is 24.3. The third-order valence-corrected chi connectivity index (χ3v) is 9.44. The summed E-state index contributed by atoms with van der Waals surface area (Å²) in [5, 5.41) is 0.839. The molecule has 0 bridgehead atoms. The number of sulfonamides is 1. The number of likely N-dealkylation sites (N-methyl/N-ethyl adjacent to an activating group) is 1. The van der Waals surface area contributed by atoms with Crippen molar-refractivity contribution in [1.29, 1.82) is 0 Å². The van der Waals surface area contributed by atoms with Gasteiger partial charge in [-0.25, -0.2) is 13.4 Å². The number of pyridine rings is 2. The number of halogens is 3. The molecule has 2 aromatic heterocycles. The molecule has 4 aromatic rings. The fourth-order valence-electron chi connectivity index (χ4n) is 5.62. The van der Waals surface area contributed by atoms with Gasteiger partial charge in [-0.1, -0.05) is 6.07 Å². The van der Waals surface area contributed by atoms with Crippen LogP contribution >= 0.6 is 0 Å². The molecule has 230 valence electrons. The van der Waals surface area contributed by atoms with E-state index in [0.29, 0.717) is 17.5 Å². The Bertz CT molecular complexity index is 1870. The van der Waals surface area contributed by atoms with Crippen LogP contribution in [0.4, 0.5) is 24.5 Å². The molecule has 1 saturated carbocycles. The number of rotatable bonds is 9. The second kappa shape index (κ2) is 10.7. The average molecular weight is 626 g/mol.